The van der Waals surface area contributed by atoms with Crippen LogP contribution < -0.4 is 5.32 Å². The second-order valence-electron chi connectivity index (χ2n) is 1.79. The number of benzene rings is 1. The predicted molar refractivity (Wildman–Crippen MR) is 48.9 cm³/mol. The molecule has 1 nitrogen and oxygen atoms in total. The van der Waals surface area contributed by atoms with Crippen LogP contribution in [0.3, 0.4) is 0 Å². The summed E-state index contributed by atoms with van der Waals surface area (Å²) in [5.41, 5.74) is 1.68. The molecule has 0 saturated carbocycles. The third kappa shape index (κ3) is 1.89. The Morgan fingerprint density at radius 1 is 1.40 bits per heavy atom. The molecule has 1 N–H and O–H groups in total. The fraction of sp³-hybridized carbons (Fsp3) is 0.143. The molecule has 0 fully saturated rings. The summed E-state index contributed by atoms with van der Waals surface area (Å²) < 4.78 is 0. The van der Waals surface area contributed by atoms with E-state index in [9.17, 15) is 0 Å². The second-order valence-corrected chi connectivity index (χ2v) is 2.76. The predicted octanol–water partition coefficient (Wildman–Crippen LogP) is 3.10. The first-order valence-corrected chi connectivity index (χ1v) is 4.39. The molecule has 0 spiro atoms. The molecule has 0 bridgehead atoms. The van der Waals surface area contributed by atoms with Crippen LogP contribution in [0.4, 0.5) is 5.69 Å². The highest BCUT2D eigenvalue weighted by Crippen LogP contribution is 2.20. The first kappa shape index (κ1) is 7.89. The Morgan fingerprint density at radius 2 is 2.10 bits per heavy atom. The van der Waals surface area contributed by atoms with Crippen molar-refractivity contribution in [1.82, 2.24) is 0 Å². The van der Waals surface area contributed by atoms with E-state index in [1.165, 1.54) is 0 Å². The van der Waals surface area contributed by atoms with Gasteiger partial charge in [0.1, 0.15) is 0 Å². The minimum absolute atomic E-state index is 0.719. The quantitative estimate of drug-likeness (QED) is 0.596. The molecule has 10 heavy (non-hydrogen) atoms. The van der Waals surface area contributed by atoms with Crippen LogP contribution >= 0.6 is 27.5 Å². The van der Waals surface area contributed by atoms with Gasteiger partial charge >= 0.3 is 0 Å². The van der Waals surface area contributed by atoms with Gasteiger partial charge in [0.05, 0.1) is 16.2 Å². The molecule has 1 aromatic rings. The van der Waals surface area contributed by atoms with Crippen LogP contribution in [-0.2, 0) is 0 Å². The summed E-state index contributed by atoms with van der Waals surface area (Å²) in [5.74, 6) is 0. The Balaban J connectivity index is 2.81. The lowest BCUT2D eigenvalue weighted by Gasteiger charge is -2.02. The van der Waals surface area contributed by atoms with E-state index >= 15 is 0 Å². The molecule has 0 radical (unpaired) electrons. The summed E-state index contributed by atoms with van der Waals surface area (Å²) in [4.78, 5) is 0. The molecule has 0 heterocycles. The molecule has 1 rings (SSSR count). The summed E-state index contributed by atoms with van der Waals surface area (Å²) in [7, 11) is 0. The highest BCUT2D eigenvalue weighted by atomic mass is 79.9. The van der Waals surface area contributed by atoms with Gasteiger partial charge in [0.25, 0.3) is 0 Å². The van der Waals surface area contributed by atoms with Crippen molar-refractivity contribution < 1.29 is 0 Å². The maximum absolute atomic E-state index is 5.82. The normalized spacial score (nSPS) is 9.40. The molecule has 1 aromatic carbocycles. The van der Waals surface area contributed by atoms with E-state index < -0.39 is 0 Å². The number of halogens is 2. The largest absolute Gasteiger partial charge is 0.374 e. The van der Waals surface area contributed by atoms with Crippen LogP contribution in [0.2, 0.25) is 5.02 Å². The molecule has 0 aliphatic carbocycles. The van der Waals surface area contributed by atoms with Gasteiger partial charge in [-0.3, -0.25) is 0 Å². The molecule has 3 heteroatoms. The Kier molecular flexibility index (Phi) is 3.03. The monoisotopic (exact) mass is 219 g/mol. The highest BCUT2D eigenvalue weighted by Gasteiger charge is 1.93. The SMILES string of the molecule is Clc1ccccc1NCBr. The van der Waals surface area contributed by atoms with Gasteiger partial charge in [0.15, 0.2) is 0 Å². The van der Waals surface area contributed by atoms with E-state index in [4.69, 9.17) is 11.6 Å². The van der Waals surface area contributed by atoms with Crippen molar-refractivity contribution in [2.24, 2.45) is 0 Å². The number of para-hydroxylation sites is 1. The van der Waals surface area contributed by atoms with Gasteiger partial charge in [0.2, 0.25) is 0 Å². The van der Waals surface area contributed by atoms with Crippen molar-refractivity contribution in [3.8, 4) is 0 Å². The van der Waals surface area contributed by atoms with Crippen molar-refractivity contribution in [3.05, 3.63) is 29.3 Å². The topological polar surface area (TPSA) is 12.0 Å². The number of nitrogens with one attached hydrogen (secondary N) is 1. The lowest BCUT2D eigenvalue weighted by Crippen LogP contribution is -1.93. The summed E-state index contributed by atoms with van der Waals surface area (Å²) in [6.45, 7) is 0. The smallest absolute Gasteiger partial charge is 0.0707 e. The molecular weight excluding hydrogens is 213 g/mol. The molecular formula is C7H7BrClN. The van der Waals surface area contributed by atoms with Gasteiger partial charge < -0.3 is 5.32 Å². The molecule has 54 valence electrons. The second kappa shape index (κ2) is 3.84. The van der Waals surface area contributed by atoms with Crippen LogP contribution in [0.5, 0.6) is 0 Å². The Labute approximate surface area is 73.5 Å². The van der Waals surface area contributed by atoms with E-state index in [1.807, 2.05) is 24.3 Å². The van der Waals surface area contributed by atoms with Crippen molar-refractivity contribution in [2.75, 3.05) is 10.8 Å². The number of rotatable bonds is 2. The van der Waals surface area contributed by atoms with Gasteiger partial charge in [-0.1, -0.05) is 39.7 Å². The Hall–Kier alpha value is -0.210. The minimum atomic E-state index is 0.719. The fourth-order valence-corrected chi connectivity index (χ4v) is 1.18. The average molecular weight is 220 g/mol. The molecule has 0 unspecified atom stereocenters. The van der Waals surface area contributed by atoms with Crippen molar-refractivity contribution in [1.29, 1.82) is 0 Å². The van der Waals surface area contributed by atoms with Crippen molar-refractivity contribution in [3.63, 3.8) is 0 Å². The van der Waals surface area contributed by atoms with E-state index in [0.717, 1.165) is 16.2 Å². The lowest BCUT2D eigenvalue weighted by molar-refractivity contribution is 1.48. The van der Waals surface area contributed by atoms with E-state index in [0.29, 0.717) is 0 Å². The van der Waals surface area contributed by atoms with Crippen LogP contribution in [0.25, 0.3) is 0 Å². The number of alkyl halides is 1. The summed E-state index contributed by atoms with van der Waals surface area (Å²) in [6, 6.07) is 7.63. The lowest BCUT2D eigenvalue weighted by atomic mass is 10.3. The van der Waals surface area contributed by atoms with Crippen molar-refractivity contribution >= 4 is 33.2 Å². The van der Waals surface area contributed by atoms with Gasteiger partial charge in [0, 0.05) is 0 Å². The standard InChI is InChI=1S/C7H7BrClN/c8-5-10-7-4-2-1-3-6(7)9/h1-4,10H,5H2. The van der Waals surface area contributed by atoms with Gasteiger partial charge in [-0.2, -0.15) is 0 Å². The third-order valence-corrected chi connectivity index (χ3v) is 1.74. The van der Waals surface area contributed by atoms with Crippen LogP contribution in [-0.4, -0.2) is 5.45 Å². The first-order chi connectivity index (χ1) is 4.84. The van der Waals surface area contributed by atoms with E-state index in [-0.39, 0.29) is 0 Å². The number of anilines is 1. The average Bonchev–Trinajstić information content (AvgIpc) is 1.94. The zero-order valence-corrected chi connectivity index (χ0v) is 7.61. The molecule has 0 aliphatic rings. The van der Waals surface area contributed by atoms with Crippen LogP contribution in [0.15, 0.2) is 24.3 Å². The van der Waals surface area contributed by atoms with Gasteiger partial charge in [-0.15, -0.1) is 0 Å². The van der Waals surface area contributed by atoms with Crippen molar-refractivity contribution in [2.45, 2.75) is 0 Å². The van der Waals surface area contributed by atoms with Gasteiger partial charge in [-0.25, -0.2) is 0 Å². The summed E-state index contributed by atoms with van der Waals surface area (Å²) in [5, 5.41) is 3.81. The Bertz CT molecular complexity index is 215. The summed E-state index contributed by atoms with van der Waals surface area (Å²) >= 11 is 9.07. The third-order valence-electron chi connectivity index (χ3n) is 1.13. The summed E-state index contributed by atoms with van der Waals surface area (Å²) in [6.07, 6.45) is 0. The number of hydrogen-bond donors (Lipinski definition) is 1. The van der Waals surface area contributed by atoms with Crippen LogP contribution in [0.1, 0.15) is 0 Å². The van der Waals surface area contributed by atoms with E-state index in [2.05, 4.69) is 21.2 Å². The van der Waals surface area contributed by atoms with Gasteiger partial charge in [-0.05, 0) is 12.1 Å². The maximum Gasteiger partial charge on any atom is 0.0707 e. The van der Waals surface area contributed by atoms with E-state index in [1.54, 1.807) is 0 Å². The molecule has 0 atom stereocenters. The molecule has 0 aromatic heterocycles. The minimum Gasteiger partial charge on any atom is -0.374 e. The molecule has 0 aliphatic heterocycles. The fourth-order valence-electron chi connectivity index (χ4n) is 0.677. The maximum atomic E-state index is 5.82. The highest BCUT2D eigenvalue weighted by molar-refractivity contribution is 9.09. The molecule has 0 amide bonds. The zero-order valence-electron chi connectivity index (χ0n) is 5.27. The van der Waals surface area contributed by atoms with Crippen LogP contribution in [0, 0.1) is 0 Å². The Morgan fingerprint density at radius 3 is 2.70 bits per heavy atom. The zero-order chi connectivity index (χ0) is 7.40. The number of hydrogen-bond acceptors (Lipinski definition) is 1. The molecule has 0 saturated heterocycles. The first-order valence-electron chi connectivity index (χ1n) is 2.89.